The van der Waals surface area contributed by atoms with Crippen molar-refractivity contribution >= 4 is 40.4 Å². The molecule has 1 aromatic carbocycles. The average molecular weight is 365 g/mol. The van der Waals surface area contributed by atoms with Crippen molar-refractivity contribution in [3.63, 3.8) is 0 Å². The first-order valence-corrected chi connectivity index (χ1v) is 8.77. The Kier molecular flexibility index (Phi) is 5.67. The molecule has 0 atom stereocenters. The van der Waals surface area contributed by atoms with Crippen LogP contribution in [-0.4, -0.2) is 23.8 Å². The van der Waals surface area contributed by atoms with Crippen molar-refractivity contribution in [3.8, 4) is 0 Å². The molecule has 128 valence electrons. The maximum atomic E-state index is 12.6. The lowest BCUT2D eigenvalue weighted by molar-refractivity contribution is -0.123. The van der Waals surface area contributed by atoms with Crippen LogP contribution in [0.5, 0.6) is 0 Å². The standard InChI is InChI=1S/C18H21ClN2O2S/c1-18(2,3)17(23)20-13-7-5-6-12(10-13)16(22)21(4)11-14-8-9-15(19)24-14/h5-10H,11H2,1-4H3,(H,20,23). The third kappa shape index (κ3) is 4.82. The second-order valence-corrected chi connectivity index (χ2v) is 8.45. The van der Waals surface area contributed by atoms with Gasteiger partial charge in [0.25, 0.3) is 5.91 Å². The van der Waals surface area contributed by atoms with Gasteiger partial charge in [-0.1, -0.05) is 38.4 Å². The Balaban J connectivity index is 2.09. The summed E-state index contributed by atoms with van der Waals surface area (Å²) in [5.41, 5.74) is 0.662. The fourth-order valence-corrected chi connectivity index (χ4v) is 3.15. The third-order valence-electron chi connectivity index (χ3n) is 3.42. The molecule has 0 radical (unpaired) electrons. The maximum absolute atomic E-state index is 12.6. The Bertz CT molecular complexity index is 749. The molecule has 4 nitrogen and oxygen atoms in total. The number of hydrogen-bond acceptors (Lipinski definition) is 3. The predicted molar refractivity (Wildman–Crippen MR) is 99.7 cm³/mol. The van der Waals surface area contributed by atoms with Gasteiger partial charge in [-0.15, -0.1) is 11.3 Å². The van der Waals surface area contributed by atoms with Crippen LogP contribution in [0.15, 0.2) is 36.4 Å². The molecule has 6 heteroatoms. The van der Waals surface area contributed by atoms with Crippen LogP contribution in [0.25, 0.3) is 0 Å². The number of rotatable bonds is 4. The summed E-state index contributed by atoms with van der Waals surface area (Å²) in [5.74, 6) is -0.194. The van der Waals surface area contributed by atoms with Crippen LogP contribution in [-0.2, 0) is 11.3 Å². The van der Waals surface area contributed by atoms with Crippen LogP contribution in [0.3, 0.4) is 0 Å². The summed E-state index contributed by atoms with van der Waals surface area (Å²) < 4.78 is 0.706. The van der Waals surface area contributed by atoms with Crippen molar-refractivity contribution in [2.24, 2.45) is 5.41 Å². The van der Waals surface area contributed by atoms with E-state index in [1.54, 1.807) is 36.2 Å². The number of carbonyl (C=O) groups excluding carboxylic acids is 2. The molecule has 0 aliphatic carbocycles. The zero-order valence-electron chi connectivity index (χ0n) is 14.2. The Morgan fingerprint density at radius 2 is 1.92 bits per heavy atom. The number of benzene rings is 1. The van der Waals surface area contributed by atoms with Crippen LogP contribution in [0, 0.1) is 5.41 Å². The number of halogens is 1. The quantitative estimate of drug-likeness (QED) is 0.857. The maximum Gasteiger partial charge on any atom is 0.253 e. The fraction of sp³-hybridized carbons (Fsp3) is 0.333. The van der Waals surface area contributed by atoms with Crippen LogP contribution in [0.2, 0.25) is 4.34 Å². The second kappa shape index (κ2) is 7.36. The molecule has 24 heavy (non-hydrogen) atoms. The lowest BCUT2D eigenvalue weighted by Gasteiger charge is -2.19. The molecule has 1 N–H and O–H groups in total. The van der Waals surface area contributed by atoms with E-state index in [-0.39, 0.29) is 11.8 Å². The largest absolute Gasteiger partial charge is 0.337 e. The Morgan fingerprint density at radius 1 is 1.21 bits per heavy atom. The van der Waals surface area contributed by atoms with Crippen molar-refractivity contribution < 1.29 is 9.59 Å². The van der Waals surface area contributed by atoms with Gasteiger partial charge in [0.05, 0.1) is 10.9 Å². The first kappa shape index (κ1) is 18.5. The third-order valence-corrected chi connectivity index (χ3v) is 4.63. The smallest absolute Gasteiger partial charge is 0.253 e. The van der Waals surface area contributed by atoms with Gasteiger partial charge in [0.1, 0.15) is 0 Å². The van der Waals surface area contributed by atoms with E-state index in [1.807, 2.05) is 32.9 Å². The molecule has 0 unspecified atom stereocenters. The second-order valence-electron chi connectivity index (χ2n) is 6.65. The minimum absolute atomic E-state index is 0.0892. The van der Waals surface area contributed by atoms with E-state index in [1.165, 1.54) is 11.3 Å². The topological polar surface area (TPSA) is 49.4 Å². The van der Waals surface area contributed by atoms with Gasteiger partial charge in [-0.25, -0.2) is 0 Å². The first-order chi connectivity index (χ1) is 11.2. The van der Waals surface area contributed by atoms with E-state index < -0.39 is 5.41 Å². The molecule has 0 aliphatic heterocycles. The number of nitrogens with zero attached hydrogens (tertiary/aromatic N) is 1. The van der Waals surface area contributed by atoms with Crippen molar-refractivity contribution in [2.45, 2.75) is 27.3 Å². The average Bonchev–Trinajstić information content (AvgIpc) is 2.90. The SMILES string of the molecule is CN(Cc1ccc(Cl)s1)C(=O)c1cccc(NC(=O)C(C)(C)C)c1. The van der Waals surface area contributed by atoms with Crippen LogP contribution >= 0.6 is 22.9 Å². The highest BCUT2D eigenvalue weighted by molar-refractivity contribution is 7.16. The van der Waals surface area contributed by atoms with Crippen LogP contribution in [0.4, 0.5) is 5.69 Å². The van der Waals surface area contributed by atoms with Crippen LogP contribution in [0.1, 0.15) is 36.0 Å². The molecule has 1 heterocycles. The normalized spacial score (nSPS) is 11.2. The Morgan fingerprint density at radius 3 is 2.50 bits per heavy atom. The summed E-state index contributed by atoms with van der Waals surface area (Å²) in [6.45, 7) is 6.03. The van der Waals surface area contributed by atoms with E-state index in [4.69, 9.17) is 11.6 Å². The minimum atomic E-state index is -0.491. The Hall–Kier alpha value is -1.85. The summed E-state index contributed by atoms with van der Waals surface area (Å²) in [6.07, 6.45) is 0. The summed E-state index contributed by atoms with van der Waals surface area (Å²) in [7, 11) is 1.75. The van der Waals surface area contributed by atoms with Crippen LogP contribution < -0.4 is 5.32 Å². The lowest BCUT2D eigenvalue weighted by atomic mass is 9.95. The zero-order chi connectivity index (χ0) is 17.9. The van der Waals surface area contributed by atoms with Crippen molar-refractivity contribution in [3.05, 3.63) is 51.2 Å². The summed E-state index contributed by atoms with van der Waals surface area (Å²) >= 11 is 7.38. The lowest BCUT2D eigenvalue weighted by Crippen LogP contribution is -2.28. The fourth-order valence-electron chi connectivity index (χ4n) is 2.01. The molecule has 0 saturated carbocycles. The predicted octanol–water partition coefficient (Wildman–Crippen LogP) is 4.66. The van der Waals surface area contributed by atoms with Gasteiger partial charge in [-0.05, 0) is 30.3 Å². The summed E-state index contributed by atoms with van der Waals surface area (Å²) in [6, 6.07) is 10.7. The van der Waals surface area contributed by atoms with E-state index >= 15 is 0 Å². The molecular formula is C18H21ClN2O2S. The highest BCUT2D eigenvalue weighted by atomic mass is 35.5. The van der Waals surface area contributed by atoms with E-state index in [0.29, 0.717) is 22.1 Å². The van der Waals surface area contributed by atoms with Crippen molar-refractivity contribution in [1.82, 2.24) is 4.90 Å². The van der Waals surface area contributed by atoms with Gasteiger partial charge >= 0.3 is 0 Å². The molecule has 2 rings (SSSR count). The minimum Gasteiger partial charge on any atom is -0.337 e. The van der Waals surface area contributed by atoms with E-state index in [2.05, 4.69) is 5.32 Å². The number of amides is 2. The summed E-state index contributed by atoms with van der Waals surface area (Å²) in [5, 5.41) is 2.84. The molecule has 0 aliphatic rings. The zero-order valence-corrected chi connectivity index (χ0v) is 15.8. The molecule has 2 aromatic rings. The molecule has 0 spiro atoms. The Labute approximate surface area is 151 Å². The van der Waals surface area contributed by atoms with Gasteiger partial charge < -0.3 is 10.2 Å². The molecule has 0 bridgehead atoms. The molecule has 2 amide bonds. The number of hydrogen-bond donors (Lipinski definition) is 1. The molecule has 0 fully saturated rings. The monoisotopic (exact) mass is 364 g/mol. The van der Waals surface area contributed by atoms with Gasteiger partial charge in [0.15, 0.2) is 0 Å². The highest BCUT2D eigenvalue weighted by Crippen LogP contribution is 2.23. The van der Waals surface area contributed by atoms with E-state index in [0.717, 1.165) is 4.88 Å². The number of nitrogens with one attached hydrogen (secondary N) is 1. The van der Waals surface area contributed by atoms with Crippen molar-refractivity contribution in [2.75, 3.05) is 12.4 Å². The van der Waals surface area contributed by atoms with E-state index in [9.17, 15) is 9.59 Å². The number of anilines is 1. The number of carbonyl (C=O) groups is 2. The van der Waals surface area contributed by atoms with Gasteiger partial charge in [-0.2, -0.15) is 0 Å². The van der Waals surface area contributed by atoms with Gasteiger partial charge in [-0.3, -0.25) is 9.59 Å². The molecule has 0 saturated heterocycles. The molecular weight excluding hydrogens is 344 g/mol. The van der Waals surface area contributed by atoms with Crippen molar-refractivity contribution in [1.29, 1.82) is 0 Å². The van der Waals surface area contributed by atoms with Gasteiger partial charge in [0.2, 0.25) is 5.91 Å². The summed E-state index contributed by atoms with van der Waals surface area (Å²) in [4.78, 5) is 27.3. The first-order valence-electron chi connectivity index (χ1n) is 7.58. The highest BCUT2D eigenvalue weighted by Gasteiger charge is 2.21. The van der Waals surface area contributed by atoms with Gasteiger partial charge in [0, 0.05) is 28.6 Å². The molecule has 1 aromatic heterocycles. The number of thiophene rings is 1.